The molecule has 0 aliphatic rings. The van der Waals surface area contributed by atoms with Crippen molar-refractivity contribution < 1.29 is 4.79 Å². The highest BCUT2D eigenvalue weighted by atomic mass is 32.2. The molecule has 0 saturated heterocycles. The molecule has 3 aromatic carbocycles. The highest BCUT2D eigenvalue weighted by molar-refractivity contribution is 8.02. The Labute approximate surface area is 160 Å². The fraction of sp³-hybridized carbons (Fsp3) is 0.143. The predicted molar refractivity (Wildman–Crippen MR) is 112 cm³/mol. The lowest BCUT2D eigenvalue weighted by Gasteiger charge is -2.14. The summed E-state index contributed by atoms with van der Waals surface area (Å²) in [6.45, 7) is 2.04. The number of carbonyl (C=O) groups excluding carboxylic acids is 1. The molecule has 3 nitrogen and oxygen atoms in total. The van der Waals surface area contributed by atoms with Gasteiger partial charge in [-0.2, -0.15) is 0 Å². The van der Waals surface area contributed by atoms with Gasteiger partial charge in [0.25, 0.3) is 0 Å². The topological polar surface area (TPSA) is 42.0 Å². The molecular formula is C21H18N2OS2. The molecule has 1 N–H and O–H groups in total. The summed E-state index contributed by atoms with van der Waals surface area (Å²) < 4.78 is 2.09. The second-order valence-corrected chi connectivity index (χ2v) is 8.46. The number of para-hydroxylation sites is 1. The summed E-state index contributed by atoms with van der Waals surface area (Å²) in [5.41, 5.74) is 1.85. The zero-order valence-corrected chi connectivity index (χ0v) is 15.9. The van der Waals surface area contributed by atoms with E-state index in [-0.39, 0.29) is 11.2 Å². The van der Waals surface area contributed by atoms with Crippen molar-refractivity contribution in [3.8, 4) is 0 Å². The van der Waals surface area contributed by atoms with E-state index in [9.17, 15) is 4.79 Å². The number of amides is 1. The lowest BCUT2D eigenvalue weighted by atomic mass is 10.1. The van der Waals surface area contributed by atoms with Crippen LogP contribution >= 0.6 is 23.1 Å². The Kier molecular flexibility index (Phi) is 4.91. The van der Waals surface area contributed by atoms with Crippen LogP contribution in [0.5, 0.6) is 0 Å². The quantitative estimate of drug-likeness (QED) is 0.436. The van der Waals surface area contributed by atoms with Gasteiger partial charge in [0.2, 0.25) is 5.91 Å². The van der Waals surface area contributed by atoms with Crippen molar-refractivity contribution >= 4 is 55.7 Å². The number of carbonyl (C=O) groups is 1. The Balaban J connectivity index is 1.55. The SMILES string of the molecule is CC[C@H](Sc1nc2ccccc2s1)C(=O)Nc1cccc2ccccc12. The maximum Gasteiger partial charge on any atom is 0.237 e. The van der Waals surface area contributed by atoms with Gasteiger partial charge in [-0.15, -0.1) is 11.3 Å². The van der Waals surface area contributed by atoms with Crippen molar-refractivity contribution in [3.05, 3.63) is 66.7 Å². The summed E-state index contributed by atoms with van der Waals surface area (Å²) >= 11 is 3.18. The molecule has 26 heavy (non-hydrogen) atoms. The van der Waals surface area contributed by atoms with Crippen molar-refractivity contribution in [2.24, 2.45) is 0 Å². The number of nitrogens with one attached hydrogen (secondary N) is 1. The summed E-state index contributed by atoms with van der Waals surface area (Å²) in [5, 5.41) is 5.12. The molecule has 4 rings (SSSR count). The molecule has 0 saturated carbocycles. The number of fused-ring (bicyclic) bond motifs is 2. The van der Waals surface area contributed by atoms with E-state index in [1.54, 1.807) is 23.1 Å². The minimum atomic E-state index is -0.172. The first kappa shape index (κ1) is 17.1. The summed E-state index contributed by atoms with van der Waals surface area (Å²) in [6, 6.07) is 22.1. The number of thiazole rings is 1. The summed E-state index contributed by atoms with van der Waals surface area (Å²) in [7, 11) is 0. The number of benzene rings is 3. The van der Waals surface area contributed by atoms with Gasteiger partial charge in [0.15, 0.2) is 4.34 Å². The molecule has 1 atom stereocenters. The molecule has 5 heteroatoms. The van der Waals surface area contributed by atoms with Crippen LogP contribution in [0.2, 0.25) is 0 Å². The van der Waals surface area contributed by atoms with Crippen molar-refractivity contribution in [1.82, 2.24) is 4.98 Å². The summed E-state index contributed by atoms with van der Waals surface area (Å²) in [4.78, 5) is 17.5. The first-order valence-electron chi connectivity index (χ1n) is 8.55. The lowest BCUT2D eigenvalue weighted by molar-refractivity contribution is -0.115. The van der Waals surface area contributed by atoms with E-state index in [0.717, 1.165) is 37.4 Å². The maximum atomic E-state index is 12.9. The van der Waals surface area contributed by atoms with Crippen LogP contribution < -0.4 is 5.32 Å². The van der Waals surface area contributed by atoms with E-state index < -0.39 is 0 Å². The van der Waals surface area contributed by atoms with E-state index in [4.69, 9.17) is 0 Å². The average Bonchev–Trinajstić information content (AvgIpc) is 3.09. The van der Waals surface area contributed by atoms with Crippen LogP contribution in [0.4, 0.5) is 5.69 Å². The number of thioether (sulfide) groups is 1. The largest absolute Gasteiger partial charge is 0.325 e. The number of hydrogen-bond acceptors (Lipinski definition) is 4. The number of rotatable bonds is 5. The van der Waals surface area contributed by atoms with E-state index in [2.05, 4.69) is 28.5 Å². The van der Waals surface area contributed by atoms with E-state index in [0.29, 0.717) is 0 Å². The Bertz CT molecular complexity index is 1040. The van der Waals surface area contributed by atoms with Gasteiger partial charge in [-0.05, 0) is 30.0 Å². The Morgan fingerprint density at radius 2 is 1.85 bits per heavy atom. The fourth-order valence-electron chi connectivity index (χ4n) is 2.89. The first-order chi connectivity index (χ1) is 12.7. The first-order valence-corrected chi connectivity index (χ1v) is 10.2. The van der Waals surface area contributed by atoms with Crippen LogP contribution in [0.3, 0.4) is 0 Å². The second-order valence-electron chi connectivity index (χ2n) is 5.98. The maximum absolute atomic E-state index is 12.9. The Morgan fingerprint density at radius 3 is 2.69 bits per heavy atom. The van der Waals surface area contributed by atoms with Crippen LogP contribution in [-0.2, 0) is 4.79 Å². The summed E-state index contributed by atoms with van der Waals surface area (Å²) in [6.07, 6.45) is 0.747. The van der Waals surface area contributed by atoms with Crippen molar-refractivity contribution in [1.29, 1.82) is 0 Å². The lowest BCUT2D eigenvalue weighted by Crippen LogP contribution is -2.24. The zero-order chi connectivity index (χ0) is 17.9. The molecule has 0 unspecified atom stereocenters. The second kappa shape index (κ2) is 7.48. The third-order valence-corrected chi connectivity index (χ3v) is 6.72. The molecule has 1 heterocycles. The van der Waals surface area contributed by atoms with Gasteiger partial charge < -0.3 is 5.32 Å². The minimum Gasteiger partial charge on any atom is -0.325 e. The van der Waals surface area contributed by atoms with Gasteiger partial charge in [0.1, 0.15) is 0 Å². The number of anilines is 1. The number of nitrogens with zero attached hydrogens (tertiary/aromatic N) is 1. The van der Waals surface area contributed by atoms with E-state index >= 15 is 0 Å². The molecule has 0 spiro atoms. The van der Waals surface area contributed by atoms with Crippen molar-refractivity contribution in [3.63, 3.8) is 0 Å². The van der Waals surface area contributed by atoms with Gasteiger partial charge in [0, 0.05) is 11.1 Å². The van der Waals surface area contributed by atoms with Gasteiger partial charge in [-0.25, -0.2) is 4.98 Å². The molecule has 4 aromatic rings. The van der Waals surface area contributed by atoms with Crippen LogP contribution in [0.25, 0.3) is 21.0 Å². The molecule has 0 aliphatic carbocycles. The van der Waals surface area contributed by atoms with Crippen molar-refractivity contribution in [2.75, 3.05) is 5.32 Å². The third-order valence-electron chi connectivity index (χ3n) is 4.23. The predicted octanol–water partition coefficient (Wildman–Crippen LogP) is 5.96. The van der Waals surface area contributed by atoms with Gasteiger partial charge in [-0.1, -0.05) is 67.2 Å². The third kappa shape index (κ3) is 3.45. The Hall–Kier alpha value is -2.37. The summed E-state index contributed by atoms with van der Waals surface area (Å²) in [5.74, 6) is 0.0214. The number of aromatic nitrogens is 1. The van der Waals surface area contributed by atoms with E-state index in [1.807, 2.05) is 55.5 Å². The van der Waals surface area contributed by atoms with Gasteiger partial charge >= 0.3 is 0 Å². The molecule has 0 radical (unpaired) electrons. The monoisotopic (exact) mass is 378 g/mol. The molecule has 0 bridgehead atoms. The molecule has 1 amide bonds. The normalized spacial score (nSPS) is 12.3. The smallest absolute Gasteiger partial charge is 0.237 e. The molecule has 1 aromatic heterocycles. The standard InChI is InChI=1S/C21H18N2OS2/c1-2-18(25-21-23-17-11-5-6-13-19(17)26-21)20(24)22-16-12-7-9-14-8-3-4-10-15(14)16/h3-13,18H,2H2,1H3,(H,22,24)/t18-/m0/s1. The molecule has 0 fully saturated rings. The Morgan fingerprint density at radius 1 is 1.08 bits per heavy atom. The minimum absolute atomic E-state index is 0.0214. The number of hydrogen-bond donors (Lipinski definition) is 1. The van der Waals surface area contributed by atoms with Gasteiger partial charge in [0.05, 0.1) is 15.5 Å². The average molecular weight is 379 g/mol. The van der Waals surface area contributed by atoms with Crippen molar-refractivity contribution in [2.45, 2.75) is 22.9 Å². The van der Waals surface area contributed by atoms with E-state index in [1.165, 1.54) is 0 Å². The highest BCUT2D eigenvalue weighted by Gasteiger charge is 2.20. The molecular weight excluding hydrogens is 360 g/mol. The highest BCUT2D eigenvalue weighted by Crippen LogP contribution is 2.34. The molecule has 130 valence electrons. The van der Waals surface area contributed by atoms with Gasteiger partial charge in [-0.3, -0.25) is 4.79 Å². The van der Waals surface area contributed by atoms with Crippen LogP contribution in [0.15, 0.2) is 71.1 Å². The van der Waals surface area contributed by atoms with Crippen LogP contribution in [0, 0.1) is 0 Å². The fourth-order valence-corrected chi connectivity index (χ4v) is 5.13. The van der Waals surface area contributed by atoms with Crippen LogP contribution in [0.1, 0.15) is 13.3 Å². The molecule has 0 aliphatic heterocycles. The zero-order valence-electron chi connectivity index (χ0n) is 14.3. The van der Waals surface area contributed by atoms with Crippen LogP contribution in [-0.4, -0.2) is 16.1 Å².